The molecule has 104 heavy (non-hydrogen) atoms. The Morgan fingerprint density at radius 1 is 0.817 bits per heavy atom. The maximum Gasteiger partial charge on any atom is 0.408 e. The van der Waals surface area contributed by atoms with Crippen LogP contribution in [0.15, 0.2) is 60.4 Å². The van der Waals surface area contributed by atoms with Crippen LogP contribution in [0.25, 0.3) is 22.3 Å². The molecule has 3 aliphatic heterocycles. The fourth-order valence-corrected chi connectivity index (χ4v) is 16.6. The number of aliphatic carboxylic acids is 1. The van der Waals surface area contributed by atoms with E-state index in [1.165, 1.54) is 34.8 Å². The molecular weight excluding hydrogens is 1350 g/mol. The van der Waals surface area contributed by atoms with Gasteiger partial charge in [-0.25, -0.2) is 24.5 Å². The molecule has 562 valence electrons. The zero-order chi connectivity index (χ0) is 74.0. The Morgan fingerprint density at radius 2 is 1.57 bits per heavy atom. The van der Waals surface area contributed by atoms with Crippen molar-refractivity contribution >= 4 is 86.6 Å². The Hall–Kier alpha value is -8.82. The van der Waals surface area contributed by atoms with Crippen LogP contribution in [-0.4, -0.2) is 180 Å². The van der Waals surface area contributed by atoms with Crippen LogP contribution in [0.4, 0.5) is 9.93 Å². The first kappa shape index (κ1) is 76.3. The molecule has 6 heterocycles. The summed E-state index contributed by atoms with van der Waals surface area (Å²) >= 11 is 1.47. The van der Waals surface area contributed by atoms with E-state index >= 15 is 0 Å². The van der Waals surface area contributed by atoms with E-state index in [9.17, 15) is 53.1 Å². The summed E-state index contributed by atoms with van der Waals surface area (Å²) in [5.41, 5.74) is -0.244. The smallest absolute Gasteiger partial charge is 0.408 e. The number of carboxylic acid groups (broad SMARTS) is 1. The van der Waals surface area contributed by atoms with Crippen molar-refractivity contribution in [2.45, 2.75) is 255 Å². The van der Waals surface area contributed by atoms with Crippen LogP contribution >= 0.6 is 11.3 Å². The van der Waals surface area contributed by atoms with Gasteiger partial charge in [0.25, 0.3) is 11.8 Å². The number of nitrogens with one attached hydrogen (secondary N) is 7. The minimum Gasteiger partial charge on any atom is -0.497 e. The van der Waals surface area contributed by atoms with Crippen LogP contribution in [0.1, 0.15) is 200 Å². The van der Waals surface area contributed by atoms with E-state index in [1.54, 1.807) is 12.0 Å². The number of amides is 8. The SMILES string of the molecule is CCC[C@H](NC(=O)[C@@H]1[C@H]2CCC[C@H]2CN1C(=O)C(NC(=O)[C@@H](NC(=O)c1cnccn1)C1CCCCC1)C(C)(C)C)C(=O)C(=O)NC1CC1.COc1ccc2c(O[C@@H]3C[C@H]4C(=O)N[C@]5(C(=O)O)C[C@H]5/C=C\CCCCC[C@H](NC(=O)OC5CCCC5)C(=O)N4C3)cc(-c3csc(NC(C)C)n3)nc2c1. The number of methoxy groups -OCH3 is 1. The number of allylic oxidation sites excluding steroid dienone is 1. The number of carboxylic acids is 1. The molecule has 28 heteroatoms. The van der Waals surface area contributed by atoms with Crippen molar-refractivity contribution in [2.24, 2.45) is 29.1 Å². The molecule has 27 nitrogen and oxygen atoms in total. The van der Waals surface area contributed by atoms with Gasteiger partial charge in [-0.2, -0.15) is 0 Å². The number of hydrogen-bond acceptors (Lipinski definition) is 19. The number of ether oxygens (including phenoxy) is 3. The highest BCUT2D eigenvalue weighted by molar-refractivity contribution is 7.14. The number of benzene rings is 1. The fraction of sp³-hybridized carbons (Fsp3) is 0.632. The predicted molar refractivity (Wildman–Crippen MR) is 388 cm³/mol. The molecule has 8 N–H and O–H groups in total. The largest absolute Gasteiger partial charge is 0.497 e. The Labute approximate surface area is 611 Å². The second-order valence-electron chi connectivity index (χ2n) is 30.9. The number of carbonyl (C=O) groups is 10. The number of nitrogens with zero attached hydrogens (tertiary/aromatic N) is 6. The lowest BCUT2D eigenvalue weighted by atomic mass is 9.82. The molecule has 0 spiro atoms. The summed E-state index contributed by atoms with van der Waals surface area (Å²) in [4.78, 5) is 157. The second kappa shape index (κ2) is 34.0. The number of Topliss-reactive ketones (excluding diaryl/α,β-unsaturated/α-hetero) is 1. The van der Waals surface area contributed by atoms with Crippen LogP contribution in [0.2, 0.25) is 0 Å². The molecule has 8 aliphatic rings. The van der Waals surface area contributed by atoms with E-state index in [4.69, 9.17) is 24.2 Å². The Kier molecular flexibility index (Phi) is 24.9. The third kappa shape index (κ3) is 18.6. The Morgan fingerprint density at radius 3 is 2.27 bits per heavy atom. The lowest BCUT2D eigenvalue weighted by molar-refractivity contribution is -0.146. The van der Waals surface area contributed by atoms with Crippen molar-refractivity contribution in [1.82, 2.24) is 61.6 Å². The topological polar surface area (TPSA) is 361 Å². The van der Waals surface area contributed by atoms with Gasteiger partial charge >= 0.3 is 12.1 Å². The standard InChI is InChI=1S/C40H50N6O8S.C36H53N7O6/c1-23(2)41-38-43-32(22-55-38)31-19-34(28-16-15-26(52-3)17-30(28)42-31)53-27-18-33-35(47)45-40(37(49)50)20-24(40)11-7-5-4-6-8-14-29(36(48)46(33)21-27)44-39(51)54-25-12-9-10-13-25;1-5-10-25(29(44)34(48)39-23-15-16-23)40-33(47)28-24-14-9-13-22(24)20-43(28)35(49)30(36(2,3)4)42-32(46)27(21-11-7-6-8-12-21)41-31(45)26-19-37-17-18-38-26/h7,11,15-17,19,22-25,27,29,33H,4-6,8-10,12-14,18,20-21H2,1-3H3,(H,41,43)(H,44,51)(H,45,47)(H,49,50);17-19,21-25,27-28,30H,5-16,20H2,1-4H3,(H,39,48)(H,40,47)(H,41,45)(H,42,46)/b11-7-;/t24-,27-,29+,33+,40-;22-,24-,25-,27-,28-,30?/m10/s1. The van der Waals surface area contributed by atoms with Gasteiger partial charge in [0.15, 0.2) is 5.13 Å². The number of thiazole rings is 1. The summed E-state index contributed by atoms with van der Waals surface area (Å²) in [7, 11) is 1.58. The molecule has 8 amide bonds. The molecule has 0 bridgehead atoms. The van der Waals surface area contributed by atoms with Crippen molar-refractivity contribution < 1.29 is 67.3 Å². The van der Waals surface area contributed by atoms with Gasteiger partial charge in [-0.1, -0.05) is 84.8 Å². The van der Waals surface area contributed by atoms with Crippen LogP contribution < -0.4 is 46.7 Å². The van der Waals surface area contributed by atoms with Gasteiger partial charge in [0, 0.05) is 66.3 Å². The van der Waals surface area contributed by atoms with Gasteiger partial charge in [0.05, 0.1) is 37.1 Å². The maximum atomic E-state index is 14.6. The van der Waals surface area contributed by atoms with Crippen molar-refractivity contribution in [2.75, 3.05) is 25.5 Å². The molecule has 5 aliphatic carbocycles. The summed E-state index contributed by atoms with van der Waals surface area (Å²) in [6.45, 7) is 12.0. The number of fused-ring (bicyclic) bond motifs is 4. The van der Waals surface area contributed by atoms with Crippen LogP contribution in [0.5, 0.6) is 11.5 Å². The number of likely N-dealkylation sites (tertiary alicyclic amines) is 1. The molecule has 1 unspecified atom stereocenters. The minimum atomic E-state index is -1.45. The van der Waals surface area contributed by atoms with Gasteiger partial charge < -0.3 is 66.3 Å². The minimum absolute atomic E-state index is 0.0132. The second-order valence-corrected chi connectivity index (χ2v) is 31.7. The van der Waals surface area contributed by atoms with Crippen molar-refractivity contribution in [3.63, 3.8) is 0 Å². The number of carbonyl (C=O) groups excluding carboxylic acids is 9. The molecule has 7 fully saturated rings. The lowest BCUT2D eigenvalue weighted by Crippen LogP contribution is -2.62. The van der Waals surface area contributed by atoms with Gasteiger partial charge in [0.2, 0.25) is 35.3 Å². The quantitative estimate of drug-likeness (QED) is 0.0270. The maximum absolute atomic E-state index is 14.6. The third-order valence-electron chi connectivity index (χ3n) is 21.6. The van der Waals surface area contributed by atoms with Gasteiger partial charge in [0.1, 0.15) is 70.8 Å². The van der Waals surface area contributed by atoms with Gasteiger partial charge in [-0.15, -0.1) is 11.3 Å². The average Bonchev–Trinajstić information content (AvgIpc) is 1.58. The van der Waals surface area contributed by atoms with Crippen molar-refractivity contribution in [3.05, 3.63) is 66.1 Å². The first-order valence-corrected chi connectivity index (χ1v) is 38.5. The zero-order valence-corrected chi connectivity index (χ0v) is 61.7. The number of pyridine rings is 1. The van der Waals surface area contributed by atoms with Crippen molar-refractivity contribution in [1.29, 1.82) is 0 Å². The van der Waals surface area contributed by atoms with E-state index in [0.717, 1.165) is 114 Å². The molecule has 11 atom stereocenters. The first-order chi connectivity index (χ1) is 49.9. The summed E-state index contributed by atoms with van der Waals surface area (Å²) < 4.78 is 17.9. The highest BCUT2D eigenvalue weighted by atomic mass is 32.1. The van der Waals surface area contributed by atoms with E-state index in [2.05, 4.69) is 47.2 Å². The average molecular weight is 1450 g/mol. The van der Waals surface area contributed by atoms with E-state index < -0.39 is 107 Å². The van der Waals surface area contributed by atoms with E-state index in [1.807, 2.05) is 83.3 Å². The highest BCUT2D eigenvalue weighted by Gasteiger charge is 2.62. The third-order valence-corrected chi connectivity index (χ3v) is 22.4. The molecule has 1 aromatic carbocycles. The molecule has 4 aromatic rings. The molecule has 12 rings (SSSR count). The summed E-state index contributed by atoms with van der Waals surface area (Å²) in [6, 6.07) is 1.82. The number of rotatable bonds is 22. The van der Waals surface area contributed by atoms with Crippen LogP contribution in [0, 0.1) is 29.1 Å². The molecule has 2 saturated heterocycles. The van der Waals surface area contributed by atoms with Gasteiger partial charge in [-0.05, 0) is 145 Å². The van der Waals surface area contributed by atoms with E-state index in [0.29, 0.717) is 66.0 Å². The molecule has 3 aromatic heterocycles. The number of aromatic nitrogens is 4. The van der Waals surface area contributed by atoms with Gasteiger partial charge in [-0.3, -0.25) is 43.3 Å². The molecule has 0 radical (unpaired) electrons. The fourth-order valence-electron chi connectivity index (χ4n) is 15.8. The zero-order valence-electron chi connectivity index (χ0n) is 60.9. The number of ketones is 1. The summed E-state index contributed by atoms with van der Waals surface area (Å²) in [5, 5.41) is 34.1. The lowest BCUT2D eigenvalue weighted by Gasteiger charge is -2.38. The van der Waals surface area contributed by atoms with Crippen LogP contribution in [-0.2, 0) is 43.1 Å². The van der Waals surface area contributed by atoms with Crippen LogP contribution in [0.3, 0.4) is 0 Å². The number of anilines is 1. The summed E-state index contributed by atoms with van der Waals surface area (Å²) in [6.07, 6.45) is 23.6. The Bertz CT molecular complexity index is 3810. The normalized spacial score (nSPS) is 25.5. The molecular formula is C76H103N13O14S. The highest BCUT2D eigenvalue weighted by Crippen LogP contribution is 2.47. The van der Waals surface area contributed by atoms with E-state index in [-0.39, 0.29) is 72.8 Å². The van der Waals surface area contributed by atoms with Crippen molar-refractivity contribution in [3.8, 4) is 22.9 Å². The number of alkyl carbamates (subject to hydrolysis) is 1. The first-order valence-electron chi connectivity index (χ1n) is 37.6. The Balaban J connectivity index is 0.000000210. The monoisotopic (exact) mass is 1450 g/mol. The number of hydrogen-bond donors (Lipinski definition) is 8. The summed E-state index contributed by atoms with van der Waals surface area (Å²) in [5.74, 6) is -4.57. The predicted octanol–water partition coefficient (Wildman–Crippen LogP) is 8.50. The molecule has 5 saturated carbocycles.